The van der Waals surface area contributed by atoms with E-state index >= 15 is 0 Å². The van der Waals surface area contributed by atoms with Crippen LogP contribution in [0.1, 0.15) is 82.6 Å². The Morgan fingerprint density at radius 2 is 1.50 bits per heavy atom. The molecule has 0 radical (unpaired) electrons. The van der Waals surface area contributed by atoms with E-state index in [0.29, 0.717) is 11.7 Å². The molecule has 4 aliphatic rings. The topological polar surface area (TPSA) is 35.5 Å². The van der Waals surface area contributed by atoms with E-state index in [4.69, 9.17) is 9.31 Å². The van der Waals surface area contributed by atoms with Gasteiger partial charge in [-0.25, -0.2) is 0 Å². The molecule has 4 heteroatoms. The van der Waals surface area contributed by atoms with Crippen LogP contribution >= 0.6 is 0 Å². The maximum Gasteiger partial charge on any atom is 0.494 e. The van der Waals surface area contributed by atoms with Crippen molar-refractivity contribution in [2.75, 3.05) is 0 Å². The molecule has 0 spiro atoms. The molecule has 1 saturated heterocycles. The Hall–Kier alpha value is -1.13. The third kappa shape index (κ3) is 2.55. The molecule has 0 aromatic heterocycles. The van der Waals surface area contributed by atoms with Gasteiger partial charge in [0.05, 0.1) is 11.2 Å². The van der Waals surface area contributed by atoms with Crippen LogP contribution in [0.25, 0.3) is 0 Å². The quantitative estimate of drug-likeness (QED) is 0.728. The number of fused-ring (bicyclic) bond motifs is 2. The maximum absolute atomic E-state index is 12.7. The van der Waals surface area contributed by atoms with Crippen LogP contribution in [-0.4, -0.2) is 24.1 Å². The zero-order chi connectivity index (χ0) is 16.4. The van der Waals surface area contributed by atoms with E-state index in [0.717, 1.165) is 36.7 Å². The molecule has 1 saturated carbocycles. The first-order valence-electron chi connectivity index (χ1n) is 8.82. The Morgan fingerprint density at radius 3 is 2.08 bits per heavy atom. The molecule has 130 valence electrons. The van der Waals surface area contributed by atoms with Gasteiger partial charge in [-0.2, -0.15) is 0 Å². The SMILES string of the molecule is C.CC1(C)OB(c2ccc3c(c2)C2CCC(CC2)C3=O)OC1(C)C. The summed E-state index contributed by atoms with van der Waals surface area (Å²) in [5.41, 5.74) is 2.54. The number of rotatable bonds is 1. The molecule has 2 bridgehead atoms. The molecule has 1 aromatic rings. The van der Waals surface area contributed by atoms with Crippen LogP contribution < -0.4 is 5.46 Å². The van der Waals surface area contributed by atoms with E-state index in [9.17, 15) is 4.79 Å². The van der Waals surface area contributed by atoms with E-state index in [1.165, 1.54) is 5.56 Å². The molecule has 3 nitrogen and oxygen atoms in total. The minimum atomic E-state index is -0.346. The van der Waals surface area contributed by atoms with Crippen molar-refractivity contribution in [1.29, 1.82) is 0 Å². The highest BCUT2D eigenvalue weighted by Gasteiger charge is 2.52. The highest BCUT2D eigenvalue weighted by molar-refractivity contribution is 6.62. The fourth-order valence-electron chi connectivity index (χ4n) is 4.16. The van der Waals surface area contributed by atoms with Crippen LogP contribution in [0.15, 0.2) is 18.2 Å². The van der Waals surface area contributed by atoms with Gasteiger partial charge in [-0.1, -0.05) is 25.6 Å². The number of Topliss-reactive ketones (excluding diaryl/α,β-unsaturated/α-hetero) is 1. The van der Waals surface area contributed by atoms with Crippen LogP contribution in [0.5, 0.6) is 0 Å². The van der Waals surface area contributed by atoms with Gasteiger partial charge in [-0.15, -0.1) is 0 Å². The van der Waals surface area contributed by atoms with Crippen molar-refractivity contribution in [3.63, 3.8) is 0 Å². The normalized spacial score (nSPS) is 29.8. The summed E-state index contributed by atoms with van der Waals surface area (Å²) in [5.74, 6) is 1.12. The van der Waals surface area contributed by atoms with E-state index in [1.807, 2.05) is 12.1 Å². The van der Waals surface area contributed by atoms with Crippen LogP contribution in [0.3, 0.4) is 0 Å². The zero-order valence-corrected chi connectivity index (χ0v) is 14.5. The summed E-state index contributed by atoms with van der Waals surface area (Å²) in [6, 6.07) is 6.20. The van der Waals surface area contributed by atoms with Crippen molar-refractivity contribution in [2.24, 2.45) is 5.92 Å². The average Bonchev–Trinajstić information content (AvgIpc) is 2.62. The molecule has 1 aliphatic heterocycles. The summed E-state index contributed by atoms with van der Waals surface area (Å²) in [4.78, 5) is 12.7. The fourth-order valence-corrected chi connectivity index (χ4v) is 4.16. The minimum Gasteiger partial charge on any atom is -0.399 e. The second-order valence-electron chi connectivity index (χ2n) is 8.35. The fraction of sp³-hybridized carbons (Fsp3) is 0.650. The number of hydrogen-bond donors (Lipinski definition) is 0. The lowest BCUT2D eigenvalue weighted by molar-refractivity contribution is 0.00578. The van der Waals surface area contributed by atoms with Gasteiger partial charge in [0.15, 0.2) is 5.78 Å². The standard InChI is InChI=1S/C19H25BO3.CH4/c1-18(2)19(3,4)23-20(22-18)14-9-10-15-16(11-14)12-5-7-13(8-6-12)17(15)21;/h9-13H,5-8H2,1-4H3;1H4. The molecule has 0 amide bonds. The smallest absolute Gasteiger partial charge is 0.399 e. The monoisotopic (exact) mass is 328 g/mol. The van der Waals surface area contributed by atoms with Crippen molar-refractivity contribution in [3.8, 4) is 0 Å². The zero-order valence-electron chi connectivity index (χ0n) is 14.5. The summed E-state index contributed by atoms with van der Waals surface area (Å²) in [5, 5.41) is 0. The Bertz CT molecular complexity index is 641. The molecule has 0 unspecified atom stereocenters. The minimum absolute atomic E-state index is 0. The van der Waals surface area contributed by atoms with Crippen molar-refractivity contribution in [3.05, 3.63) is 29.3 Å². The van der Waals surface area contributed by atoms with Gasteiger partial charge in [0.25, 0.3) is 0 Å². The molecule has 1 heterocycles. The molecule has 2 fully saturated rings. The van der Waals surface area contributed by atoms with Crippen LogP contribution in [0, 0.1) is 5.92 Å². The first kappa shape index (κ1) is 17.7. The van der Waals surface area contributed by atoms with E-state index in [2.05, 4.69) is 33.8 Å². The number of ketones is 1. The van der Waals surface area contributed by atoms with E-state index in [-0.39, 0.29) is 31.7 Å². The Morgan fingerprint density at radius 1 is 0.958 bits per heavy atom. The molecular formula is C20H29BO3. The second-order valence-corrected chi connectivity index (χ2v) is 8.35. The highest BCUT2D eigenvalue weighted by Crippen LogP contribution is 2.43. The van der Waals surface area contributed by atoms with Crippen LogP contribution in [0.4, 0.5) is 0 Å². The molecule has 0 N–H and O–H groups in total. The van der Waals surface area contributed by atoms with E-state index in [1.54, 1.807) is 0 Å². The van der Waals surface area contributed by atoms with Gasteiger partial charge >= 0.3 is 7.12 Å². The van der Waals surface area contributed by atoms with Gasteiger partial charge in [-0.3, -0.25) is 4.79 Å². The Labute approximate surface area is 146 Å². The summed E-state index contributed by atoms with van der Waals surface area (Å²) in [6.07, 6.45) is 4.36. The van der Waals surface area contributed by atoms with Gasteiger partial charge < -0.3 is 9.31 Å². The van der Waals surface area contributed by atoms with Crippen LogP contribution in [0.2, 0.25) is 0 Å². The average molecular weight is 328 g/mol. The predicted molar refractivity (Wildman–Crippen MR) is 97.9 cm³/mol. The number of hydrogen-bond acceptors (Lipinski definition) is 3. The summed E-state index contributed by atoms with van der Waals surface area (Å²) in [6.45, 7) is 8.28. The summed E-state index contributed by atoms with van der Waals surface area (Å²) in [7, 11) is -0.346. The Balaban J connectivity index is 0.00000169. The number of carbonyl (C=O) groups excluding carboxylic acids is 1. The predicted octanol–water partition coefficient (Wildman–Crippen LogP) is 4.09. The third-order valence-electron chi connectivity index (χ3n) is 6.40. The molecule has 1 aromatic carbocycles. The first-order chi connectivity index (χ1) is 10.8. The highest BCUT2D eigenvalue weighted by atomic mass is 16.7. The maximum atomic E-state index is 12.7. The summed E-state index contributed by atoms with van der Waals surface area (Å²) < 4.78 is 12.3. The van der Waals surface area contributed by atoms with Crippen molar-refractivity contribution in [2.45, 2.75) is 77.9 Å². The largest absolute Gasteiger partial charge is 0.494 e. The first-order valence-corrected chi connectivity index (χ1v) is 8.82. The number of carbonyl (C=O) groups is 1. The van der Waals surface area contributed by atoms with Crippen molar-refractivity contribution < 1.29 is 14.1 Å². The molecular weight excluding hydrogens is 299 g/mol. The second kappa shape index (κ2) is 5.71. The van der Waals surface area contributed by atoms with Crippen LogP contribution in [-0.2, 0) is 9.31 Å². The third-order valence-corrected chi connectivity index (χ3v) is 6.40. The van der Waals surface area contributed by atoms with Gasteiger partial charge in [0, 0.05) is 11.5 Å². The lowest BCUT2D eigenvalue weighted by Gasteiger charge is -2.32. The van der Waals surface area contributed by atoms with Gasteiger partial charge in [0.2, 0.25) is 0 Å². The van der Waals surface area contributed by atoms with E-state index < -0.39 is 0 Å². The number of benzene rings is 1. The lowest BCUT2D eigenvalue weighted by atomic mass is 9.75. The van der Waals surface area contributed by atoms with Gasteiger partial charge in [-0.05, 0) is 70.3 Å². The molecule has 3 aliphatic carbocycles. The van der Waals surface area contributed by atoms with Crippen molar-refractivity contribution in [1.82, 2.24) is 0 Å². The molecule has 24 heavy (non-hydrogen) atoms. The van der Waals surface area contributed by atoms with Gasteiger partial charge in [0.1, 0.15) is 0 Å². The lowest BCUT2D eigenvalue weighted by Crippen LogP contribution is -2.41. The molecule has 5 rings (SSSR count). The summed E-state index contributed by atoms with van der Waals surface area (Å²) >= 11 is 0. The Kier molecular flexibility index (Phi) is 4.21. The van der Waals surface area contributed by atoms with Crippen molar-refractivity contribution >= 4 is 18.4 Å². The molecule has 0 atom stereocenters.